The minimum Gasteiger partial charge on any atom is -0.200 e. The Morgan fingerprint density at radius 1 is 1.27 bits per heavy atom. The Bertz CT molecular complexity index is 187. The van der Waals surface area contributed by atoms with Gasteiger partial charge in [0, 0.05) is 12.0 Å². The van der Waals surface area contributed by atoms with E-state index in [-0.39, 0.29) is 0 Å². The highest BCUT2D eigenvalue weighted by Crippen LogP contribution is 2.55. The Kier molecular flexibility index (Phi) is 1.90. The quantitative estimate of drug-likeness (QED) is 0.555. The molecule has 11 heavy (non-hydrogen) atoms. The molecule has 1 aliphatic rings. The highest BCUT2D eigenvalue weighted by molar-refractivity contribution is 6.25. The molecule has 64 valence electrons. The van der Waals surface area contributed by atoms with Crippen LogP contribution in [0.1, 0.15) is 6.42 Å². The van der Waals surface area contributed by atoms with Crippen LogP contribution in [-0.4, -0.2) is 11.8 Å². The monoisotopic (exact) mass is 188 g/mol. The van der Waals surface area contributed by atoms with E-state index in [4.69, 9.17) is 11.6 Å². The van der Waals surface area contributed by atoms with Crippen molar-refractivity contribution in [2.75, 3.05) is 0 Å². The average molecular weight is 189 g/mol. The van der Waals surface area contributed by atoms with E-state index < -0.39 is 24.2 Å². The van der Waals surface area contributed by atoms with Crippen molar-refractivity contribution < 1.29 is 17.6 Å². The molecule has 1 rings (SSSR count). The predicted octanol–water partition coefficient (Wildman–Crippen LogP) is 3.03. The first kappa shape index (κ1) is 8.84. The molecule has 1 fully saturated rings. The van der Waals surface area contributed by atoms with Crippen molar-refractivity contribution >= 4 is 11.6 Å². The molecule has 1 unspecified atom stereocenters. The number of allylic oxidation sites excluding steroid dienone is 1. The van der Waals surface area contributed by atoms with Crippen molar-refractivity contribution in [2.24, 2.45) is 5.92 Å². The van der Waals surface area contributed by atoms with Gasteiger partial charge in [-0.1, -0.05) is 17.7 Å². The van der Waals surface area contributed by atoms with Crippen LogP contribution in [0.5, 0.6) is 0 Å². The molecule has 0 aromatic rings. The summed E-state index contributed by atoms with van der Waals surface area (Å²) in [6.45, 7) is 0. The average Bonchev–Trinajstić information content (AvgIpc) is 1.87. The van der Waals surface area contributed by atoms with Gasteiger partial charge in [0.25, 0.3) is 0 Å². The first-order valence-electron chi connectivity index (χ1n) is 2.94. The summed E-state index contributed by atoms with van der Waals surface area (Å²) in [4.78, 5) is 0. The molecule has 0 spiro atoms. The summed E-state index contributed by atoms with van der Waals surface area (Å²) in [5, 5.41) is 0. The molecule has 0 aromatic carbocycles. The van der Waals surface area contributed by atoms with Crippen LogP contribution in [0.3, 0.4) is 0 Å². The van der Waals surface area contributed by atoms with E-state index in [1.54, 1.807) is 0 Å². The van der Waals surface area contributed by atoms with Crippen molar-refractivity contribution in [3.8, 4) is 0 Å². The fourth-order valence-corrected chi connectivity index (χ4v) is 1.13. The fraction of sp³-hybridized carbons (Fsp3) is 0.667. The van der Waals surface area contributed by atoms with E-state index in [1.165, 1.54) is 0 Å². The van der Waals surface area contributed by atoms with Crippen molar-refractivity contribution in [3.05, 3.63) is 11.6 Å². The molecule has 1 atom stereocenters. The van der Waals surface area contributed by atoms with Gasteiger partial charge in [-0.15, -0.1) is 0 Å². The minimum absolute atomic E-state index is 0.816. The third kappa shape index (κ3) is 1.13. The zero-order valence-corrected chi connectivity index (χ0v) is 6.08. The summed E-state index contributed by atoms with van der Waals surface area (Å²) in [6.07, 6.45) is 0.0716. The molecule has 0 heterocycles. The lowest BCUT2D eigenvalue weighted by molar-refractivity contribution is -0.301. The molecule has 0 nitrogen and oxygen atoms in total. The molecule has 1 saturated carbocycles. The molecule has 0 radical (unpaired) electrons. The normalized spacial score (nSPS) is 33.7. The van der Waals surface area contributed by atoms with Crippen LogP contribution in [0, 0.1) is 5.92 Å². The van der Waals surface area contributed by atoms with E-state index in [2.05, 4.69) is 0 Å². The van der Waals surface area contributed by atoms with Crippen molar-refractivity contribution in [2.45, 2.75) is 18.3 Å². The Labute approximate surface area is 65.8 Å². The van der Waals surface area contributed by atoms with E-state index >= 15 is 0 Å². The van der Waals surface area contributed by atoms with Gasteiger partial charge in [-0.25, -0.2) is 0 Å². The van der Waals surface area contributed by atoms with E-state index in [1.807, 2.05) is 0 Å². The third-order valence-corrected chi connectivity index (χ3v) is 1.88. The summed E-state index contributed by atoms with van der Waals surface area (Å²) in [5.41, 5.74) is 0.841. The van der Waals surface area contributed by atoms with E-state index in [0.29, 0.717) is 0 Å². The standard InChI is InChI=1S/C6H5ClF4/c7-2-1-4-3-5(8,9)6(4,10)11/h1-2,4H,3H2/b2-1+. The van der Waals surface area contributed by atoms with Gasteiger partial charge >= 0.3 is 11.8 Å². The molecule has 0 saturated heterocycles. The summed E-state index contributed by atoms with van der Waals surface area (Å²) in [5.74, 6) is -9.18. The van der Waals surface area contributed by atoms with Crippen LogP contribution in [0.15, 0.2) is 11.6 Å². The number of halogens is 5. The Morgan fingerprint density at radius 3 is 2.09 bits per heavy atom. The molecule has 0 aliphatic heterocycles. The molecular weight excluding hydrogens is 184 g/mol. The van der Waals surface area contributed by atoms with Crippen LogP contribution >= 0.6 is 11.6 Å². The second-order valence-electron chi connectivity index (χ2n) is 2.46. The summed E-state index contributed by atoms with van der Waals surface area (Å²) in [7, 11) is 0. The van der Waals surface area contributed by atoms with Gasteiger partial charge in [-0.3, -0.25) is 0 Å². The lowest BCUT2D eigenvalue weighted by Crippen LogP contribution is -2.57. The highest BCUT2D eigenvalue weighted by Gasteiger charge is 2.70. The molecule has 0 bridgehead atoms. The number of rotatable bonds is 1. The molecule has 5 heteroatoms. The topological polar surface area (TPSA) is 0 Å². The Hall–Kier alpha value is -0.250. The third-order valence-electron chi connectivity index (χ3n) is 1.73. The SMILES string of the molecule is FC1(F)CC(/C=C/Cl)C1(F)F. The first-order chi connectivity index (χ1) is 4.92. The zero-order valence-electron chi connectivity index (χ0n) is 5.33. The second-order valence-corrected chi connectivity index (χ2v) is 2.71. The van der Waals surface area contributed by atoms with Crippen LogP contribution in [0.2, 0.25) is 0 Å². The van der Waals surface area contributed by atoms with Crippen molar-refractivity contribution in [1.82, 2.24) is 0 Å². The number of hydrogen-bond acceptors (Lipinski definition) is 0. The smallest absolute Gasteiger partial charge is 0.200 e. The lowest BCUT2D eigenvalue weighted by atomic mass is 9.77. The maximum absolute atomic E-state index is 12.3. The maximum Gasteiger partial charge on any atom is 0.316 e. The van der Waals surface area contributed by atoms with Gasteiger partial charge in [0.2, 0.25) is 0 Å². The van der Waals surface area contributed by atoms with Gasteiger partial charge < -0.3 is 0 Å². The lowest BCUT2D eigenvalue weighted by Gasteiger charge is -2.42. The van der Waals surface area contributed by atoms with Crippen LogP contribution in [0.4, 0.5) is 17.6 Å². The Morgan fingerprint density at radius 2 is 1.82 bits per heavy atom. The molecular formula is C6H5ClF4. The summed E-state index contributed by atoms with van der Waals surface area (Å²) >= 11 is 4.97. The first-order valence-corrected chi connectivity index (χ1v) is 3.38. The zero-order chi connectivity index (χ0) is 8.70. The predicted molar refractivity (Wildman–Crippen MR) is 33.0 cm³/mol. The van der Waals surface area contributed by atoms with E-state index in [0.717, 1.165) is 11.6 Å². The summed E-state index contributed by atoms with van der Waals surface area (Å²) < 4.78 is 48.7. The minimum atomic E-state index is -3.92. The van der Waals surface area contributed by atoms with Gasteiger partial charge in [0.05, 0.1) is 5.92 Å². The molecule has 0 aromatic heterocycles. The van der Waals surface area contributed by atoms with Gasteiger partial charge in [0.1, 0.15) is 0 Å². The van der Waals surface area contributed by atoms with Gasteiger partial charge in [-0.05, 0) is 0 Å². The van der Waals surface area contributed by atoms with E-state index in [9.17, 15) is 17.6 Å². The Balaban J connectivity index is 2.69. The molecule has 0 N–H and O–H groups in total. The van der Waals surface area contributed by atoms with Crippen LogP contribution in [-0.2, 0) is 0 Å². The summed E-state index contributed by atoms with van der Waals surface area (Å²) in [6, 6.07) is 0. The largest absolute Gasteiger partial charge is 0.316 e. The van der Waals surface area contributed by atoms with Crippen LogP contribution < -0.4 is 0 Å². The number of alkyl halides is 4. The maximum atomic E-state index is 12.3. The van der Waals surface area contributed by atoms with Gasteiger partial charge in [-0.2, -0.15) is 17.6 Å². The number of hydrogen-bond donors (Lipinski definition) is 0. The van der Waals surface area contributed by atoms with Crippen molar-refractivity contribution in [1.29, 1.82) is 0 Å². The second kappa shape index (κ2) is 2.37. The van der Waals surface area contributed by atoms with Crippen LogP contribution in [0.25, 0.3) is 0 Å². The van der Waals surface area contributed by atoms with Crippen molar-refractivity contribution in [3.63, 3.8) is 0 Å². The molecule has 0 amide bonds. The highest BCUT2D eigenvalue weighted by atomic mass is 35.5. The fourth-order valence-electron chi connectivity index (χ4n) is 0.957. The molecule has 1 aliphatic carbocycles. The van der Waals surface area contributed by atoms with Gasteiger partial charge in [0.15, 0.2) is 0 Å².